The van der Waals surface area contributed by atoms with Gasteiger partial charge in [0.25, 0.3) is 0 Å². The van der Waals surface area contributed by atoms with Crippen LogP contribution in [0, 0.1) is 6.42 Å². The molecular weight excluding hydrogens is 236 g/mol. The van der Waals surface area contributed by atoms with Gasteiger partial charge in [-0.1, -0.05) is 12.8 Å². The van der Waals surface area contributed by atoms with Gasteiger partial charge in [0.2, 0.25) is 0 Å². The van der Waals surface area contributed by atoms with Gasteiger partial charge in [-0.25, -0.2) is 0 Å². The SMILES string of the molecule is [CH]1CCCCC1Nc1ccc(N2CCOCC2)cc1. The highest BCUT2D eigenvalue weighted by atomic mass is 16.5. The maximum absolute atomic E-state index is 5.39. The predicted molar refractivity (Wildman–Crippen MR) is 79.7 cm³/mol. The summed E-state index contributed by atoms with van der Waals surface area (Å²) in [6.07, 6.45) is 7.64. The summed E-state index contributed by atoms with van der Waals surface area (Å²) in [5.41, 5.74) is 2.54. The maximum Gasteiger partial charge on any atom is 0.0642 e. The van der Waals surface area contributed by atoms with Gasteiger partial charge in [-0.2, -0.15) is 0 Å². The fourth-order valence-electron chi connectivity index (χ4n) is 2.88. The molecule has 1 saturated carbocycles. The highest BCUT2D eigenvalue weighted by Crippen LogP contribution is 2.23. The van der Waals surface area contributed by atoms with E-state index in [-0.39, 0.29) is 0 Å². The first kappa shape index (κ1) is 12.8. The molecule has 2 fully saturated rings. The molecule has 103 valence electrons. The number of anilines is 2. The Morgan fingerprint density at radius 2 is 1.84 bits per heavy atom. The molecule has 1 saturated heterocycles. The lowest BCUT2D eigenvalue weighted by Gasteiger charge is -2.29. The zero-order chi connectivity index (χ0) is 12.9. The average Bonchev–Trinajstić information content (AvgIpc) is 2.50. The van der Waals surface area contributed by atoms with Gasteiger partial charge in [-0.05, 0) is 43.5 Å². The third-order valence-corrected chi connectivity index (χ3v) is 4.02. The number of nitrogens with zero attached hydrogens (tertiary/aromatic N) is 1. The van der Waals surface area contributed by atoms with Crippen molar-refractivity contribution in [1.82, 2.24) is 0 Å². The summed E-state index contributed by atoms with van der Waals surface area (Å²) in [7, 11) is 0. The van der Waals surface area contributed by atoms with Crippen molar-refractivity contribution in [3.05, 3.63) is 30.7 Å². The summed E-state index contributed by atoms with van der Waals surface area (Å²) in [6.45, 7) is 3.69. The number of rotatable bonds is 3. The van der Waals surface area contributed by atoms with Gasteiger partial charge in [0.15, 0.2) is 0 Å². The van der Waals surface area contributed by atoms with E-state index < -0.39 is 0 Å². The van der Waals surface area contributed by atoms with Crippen LogP contribution in [-0.2, 0) is 4.74 Å². The van der Waals surface area contributed by atoms with Gasteiger partial charge >= 0.3 is 0 Å². The van der Waals surface area contributed by atoms with E-state index in [1.165, 1.54) is 37.1 Å². The Hall–Kier alpha value is -1.22. The largest absolute Gasteiger partial charge is 0.382 e. The van der Waals surface area contributed by atoms with Crippen molar-refractivity contribution >= 4 is 11.4 Å². The second-order valence-electron chi connectivity index (χ2n) is 5.42. The summed E-state index contributed by atoms with van der Waals surface area (Å²) in [6, 6.07) is 9.40. The van der Waals surface area contributed by atoms with Crippen molar-refractivity contribution in [2.75, 3.05) is 36.5 Å². The normalized spacial score (nSPS) is 21.4. The number of benzene rings is 1. The van der Waals surface area contributed by atoms with Crippen LogP contribution in [0.4, 0.5) is 11.4 Å². The molecule has 0 amide bonds. The Morgan fingerprint density at radius 3 is 2.53 bits per heavy atom. The first-order chi connectivity index (χ1) is 9.42. The topological polar surface area (TPSA) is 24.5 Å². The number of ether oxygens (including phenoxy) is 1. The molecule has 1 aromatic rings. The molecule has 0 spiro atoms. The third-order valence-electron chi connectivity index (χ3n) is 4.02. The van der Waals surface area contributed by atoms with Crippen LogP contribution in [0.5, 0.6) is 0 Å². The Labute approximate surface area is 115 Å². The van der Waals surface area contributed by atoms with Crippen molar-refractivity contribution in [1.29, 1.82) is 0 Å². The Balaban J connectivity index is 1.58. The second kappa shape index (κ2) is 6.29. The van der Waals surface area contributed by atoms with Crippen LogP contribution in [-0.4, -0.2) is 32.3 Å². The van der Waals surface area contributed by atoms with Crippen LogP contribution in [0.2, 0.25) is 0 Å². The van der Waals surface area contributed by atoms with E-state index in [4.69, 9.17) is 4.74 Å². The average molecular weight is 259 g/mol. The van der Waals surface area contributed by atoms with Gasteiger partial charge < -0.3 is 15.0 Å². The molecule has 1 atom stereocenters. The summed E-state index contributed by atoms with van der Waals surface area (Å²) < 4.78 is 5.39. The number of nitrogens with one attached hydrogen (secondary N) is 1. The van der Waals surface area contributed by atoms with E-state index in [0.29, 0.717) is 6.04 Å². The molecule has 3 heteroatoms. The zero-order valence-corrected chi connectivity index (χ0v) is 11.5. The van der Waals surface area contributed by atoms with Gasteiger partial charge in [-0.3, -0.25) is 0 Å². The summed E-state index contributed by atoms with van der Waals surface area (Å²) in [5, 5.41) is 3.61. The predicted octanol–water partition coefficient (Wildman–Crippen LogP) is 3.08. The van der Waals surface area contributed by atoms with Crippen LogP contribution in [0.15, 0.2) is 24.3 Å². The Bertz CT molecular complexity index is 378. The minimum Gasteiger partial charge on any atom is -0.382 e. The Kier molecular flexibility index (Phi) is 4.23. The molecule has 2 aliphatic rings. The number of morpholine rings is 1. The van der Waals surface area contributed by atoms with Crippen LogP contribution in [0.25, 0.3) is 0 Å². The van der Waals surface area contributed by atoms with E-state index in [2.05, 4.69) is 40.9 Å². The van der Waals surface area contributed by atoms with Gasteiger partial charge in [0.1, 0.15) is 0 Å². The molecule has 0 aromatic heterocycles. The quantitative estimate of drug-likeness (QED) is 0.903. The second-order valence-corrected chi connectivity index (χ2v) is 5.42. The summed E-state index contributed by atoms with van der Waals surface area (Å²) in [5.74, 6) is 0. The first-order valence-electron chi connectivity index (χ1n) is 7.44. The maximum atomic E-state index is 5.39. The molecule has 0 bridgehead atoms. The van der Waals surface area contributed by atoms with E-state index in [9.17, 15) is 0 Å². The van der Waals surface area contributed by atoms with Crippen molar-refractivity contribution in [3.63, 3.8) is 0 Å². The number of hydrogen-bond acceptors (Lipinski definition) is 3. The minimum absolute atomic E-state index is 0.558. The molecule has 3 nitrogen and oxygen atoms in total. The van der Waals surface area contributed by atoms with Gasteiger partial charge in [0.05, 0.1) is 13.2 Å². The van der Waals surface area contributed by atoms with Crippen LogP contribution >= 0.6 is 0 Å². The standard InChI is InChI=1S/C16H23N2O/c1-2-4-14(5-3-1)17-15-6-8-16(9-7-15)18-10-12-19-13-11-18/h4,6-9,14,17H,1-3,5,10-13H2. The lowest BCUT2D eigenvalue weighted by atomic mass is 9.95. The Morgan fingerprint density at radius 1 is 1.05 bits per heavy atom. The lowest BCUT2D eigenvalue weighted by Crippen LogP contribution is -2.36. The van der Waals surface area contributed by atoms with E-state index in [1.807, 2.05) is 0 Å². The molecule has 1 radical (unpaired) electrons. The highest BCUT2D eigenvalue weighted by Gasteiger charge is 2.14. The van der Waals surface area contributed by atoms with Crippen molar-refractivity contribution in [2.45, 2.75) is 31.7 Å². The highest BCUT2D eigenvalue weighted by molar-refractivity contribution is 5.55. The fourth-order valence-corrected chi connectivity index (χ4v) is 2.88. The number of hydrogen-bond donors (Lipinski definition) is 1. The summed E-state index contributed by atoms with van der Waals surface area (Å²) >= 11 is 0. The molecule has 1 aliphatic carbocycles. The van der Waals surface area contributed by atoms with E-state index in [1.54, 1.807) is 0 Å². The van der Waals surface area contributed by atoms with Crippen molar-refractivity contribution in [3.8, 4) is 0 Å². The summed E-state index contributed by atoms with van der Waals surface area (Å²) in [4.78, 5) is 2.39. The van der Waals surface area contributed by atoms with Crippen LogP contribution in [0.3, 0.4) is 0 Å². The monoisotopic (exact) mass is 259 g/mol. The molecule has 19 heavy (non-hydrogen) atoms. The molecule has 1 N–H and O–H groups in total. The minimum atomic E-state index is 0.558. The first-order valence-corrected chi connectivity index (χ1v) is 7.44. The van der Waals surface area contributed by atoms with Gasteiger partial charge in [0, 0.05) is 30.5 Å². The van der Waals surface area contributed by atoms with Crippen LogP contribution < -0.4 is 10.2 Å². The zero-order valence-electron chi connectivity index (χ0n) is 11.5. The molecule has 1 aliphatic heterocycles. The van der Waals surface area contributed by atoms with Crippen molar-refractivity contribution < 1.29 is 4.74 Å². The van der Waals surface area contributed by atoms with E-state index in [0.717, 1.165) is 26.3 Å². The molecule has 1 heterocycles. The fraction of sp³-hybridized carbons (Fsp3) is 0.562. The molecular formula is C16H23N2O. The third kappa shape index (κ3) is 3.41. The smallest absolute Gasteiger partial charge is 0.0642 e. The molecule has 1 aromatic carbocycles. The van der Waals surface area contributed by atoms with Crippen LogP contribution in [0.1, 0.15) is 25.7 Å². The molecule has 3 rings (SSSR count). The van der Waals surface area contributed by atoms with Gasteiger partial charge in [-0.15, -0.1) is 0 Å². The molecule has 1 unspecified atom stereocenters. The lowest BCUT2D eigenvalue weighted by molar-refractivity contribution is 0.122. The van der Waals surface area contributed by atoms with Crippen molar-refractivity contribution in [2.24, 2.45) is 0 Å². The van der Waals surface area contributed by atoms with E-state index >= 15 is 0 Å².